The third kappa shape index (κ3) is 6.88. The summed E-state index contributed by atoms with van der Waals surface area (Å²) in [5.74, 6) is 0.130. The average molecular weight is 537 g/mol. The van der Waals surface area contributed by atoms with E-state index in [1.54, 1.807) is 18.2 Å². The first-order chi connectivity index (χ1) is 17.6. The lowest BCUT2D eigenvalue weighted by Gasteiger charge is -2.12. The first-order valence-corrected chi connectivity index (χ1v) is 12.8. The van der Waals surface area contributed by atoms with Crippen LogP contribution in [0.3, 0.4) is 0 Å². The second-order valence-corrected chi connectivity index (χ2v) is 9.93. The smallest absolute Gasteiger partial charge is 0.280 e. The monoisotopic (exact) mass is 536 g/mol. The van der Waals surface area contributed by atoms with Gasteiger partial charge in [0.15, 0.2) is 11.5 Å². The number of aromatic nitrogens is 3. The van der Waals surface area contributed by atoms with Crippen LogP contribution in [-0.2, 0) is 21.2 Å². The number of nitrogens with one attached hydrogen (secondary N) is 1. The van der Waals surface area contributed by atoms with Crippen LogP contribution in [0.4, 0.5) is 8.78 Å². The van der Waals surface area contributed by atoms with E-state index in [4.69, 9.17) is 9.47 Å². The zero-order valence-corrected chi connectivity index (χ0v) is 21.2. The van der Waals surface area contributed by atoms with E-state index in [0.29, 0.717) is 17.1 Å². The summed E-state index contributed by atoms with van der Waals surface area (Å²) in [6.45, 7) is 0.116. The number of carbonyl (C=O) groups excluding carboxylic acids is 1. The van der Waals surface area contributed by atoms with Crippen LogP contribution in [-0.4, -0.2) is 55.9 Å². The summed E-state index contributed by atoms with van der Waals surface area (Å²) < 4.78 is 64.5. The number of halogens is 2. The lowest BCUT2D eigenvalue weighted by molar-refractivity contribution is -0.120. The Morgan fingerprint density at radius 3 is 2.46 bits per heavy atom. The molecule has 0 bridgehead atoms. The highest BCUT2D eigenvalue weighted by Gasteiger charge is 2.23. The molecule has 0 saturated carbocycles. The van der Waals surface area contributed by atoms with Crippen LogP contribution in [0.25, 0.3) is 11.3 Å². The molecule has 2 aromatic heterocycles. The molecule has 0 unspecified atom stereocenters. The van der Waals surface area contributed by atoms with Crippen molar-refractivity contribution in [1.29, 1.82) is 0 Å². The summed E-state index contributed by atoms with van der Waals surface area (Å²) in [7, 11) is 0.236. The van der Waals surface area contributed by atoms with Gasteiger partial charge in [0.1, 0.15) is 5.69 Å². The number of amides is 1. The minimum atomic E-state index is -4.16. The van der Waals surface area contributed by atoms with E-state index < -0.39 is 32.9 Å². The molecular formula is C24H26F2N4O6S. The van der Waals surface area contributed by atoms with Gasteiger partial charge < -0.3 is 19.4 Å². The highest BCUT2D eigenvalue weighted by atomic mass is 32.2. The molecule has 1 aromatic carbocycles. The van der Waals surface area contributed by atoms with Gasteiger partial charge in [0.05, 0.1) is 32.2 Å². The molecule has 3 aromatic rings. The number of hydrogen-bond acceptors (Lipinski definition) is 8. The fraction of sp³-hybridized carbons (Fsp3) is 0.333. The molecule has 0 saturated heterocycles. The van der Waals surface area contributed by atoms with Gasteiger partial charge in [-0.15, -0.1) is 0 Å². The van der Waals surface area contributed by atoms with Gasteiger partial charge in [-0.2, -0.15) is 0 Å². The van der Waals surface area contributed by atoms with Gasteiger partial charge in [-0.3, -0.25) is 9.59 Å². The first kappa shape index (κ1) is 27.7. The summed E-state index contributed by atoms with van der Waals surface area (Å²) in [5.41, 5.74) is -0.286. The Morgan fingerprint density at radius 2 is 1.81 bits per heavy atom. The molecule has 0 atom stereocenters. The zero-order chi connectivity index (χ0) is 27.2. The van der Waals surface area contributed by atoms with Gasteiger partial charge in [0.2, 0.25) is 20.9 Å². The van der Waals surface area contributed by atoms with E-state index >= 15 is 0 Å². The van der Waals surface area contributed by atoms with Crippen LogP contribution in [0.5, 0.6) is 11.5 Å². The number of sulfone groups is 1. The van der Waals surface area contributed by atoms with Gasteiger partial charge >= 0.3 is 0 Å². The van der Waals surface area contributed by atoms with Crippen molar-refractivity contribution in [1.82, 2.24) is 19.9 Å². The topological polar surface area (TPSA) is 129 Å². The molecule has 0 fully saturated rings. The van der Waals surface area contributed by atoms with Gasteiger partial charge in [0.25, 0.3) is 12.0 Å². The Kier molecular flexibility index (Phi) is 8.92. The molecule has 37 heavy (non-hydrogen) atoms. The van der Waals surface area contributed by atoms with E-state index in [0.717, 1.165) is 6.07 Å². The van der Waals surface area contributed by atoms with Crippen molar-refractivity contribution in [3.8, 4) is 22.8 Å². The molecule has 198 valence electrons. The Labute approximate surface area is 212 Å². The third-order valence-electron chi connectivity index (χ3n) is 5.40. The lowest BCUT2D eigenvalue weighted by atomic mass is 10.1. The van der Waals surface area contributed by atoms with Gasteiger partial charge in [-0.05, 0) is 36.2 Å². The van der Waals surface area contributed by atoms with Crippen LogP contribution >= 0.6 is 0 Å². The van der Waals surface area contributed by atoms with Crippen LogP contribution in [0.2, 0.25) is 0 Å². The highest BCUT2D eigenvalue weighted by Crippen LogP contribution is 2.28. The Balaban J connectivity index is 1.98. The molecule has 10 nitrogen and oxygen atoms in total. The summed E-state index contributed by atoms with van der Waals surface area (Å²) in [6, 6.07) is 8.70. The molecule has 13 heteroatoms. The molecule has 2 heterocycles. The Bertz CT molecular complexity index is 1440. The number of pyridine rings is 1. The number of nitrogens with zero attached hydrogens (tertiary/aromatic N) is 3. The summed E-state index contributed by atoms with van der Waals surface area (Å²) in [5, 5.41) is 1.61. The van der Waals surface area contributed by atoms with Gasteiger partial charge in [0, 0.05) is 31.3 Å². The molecular weight excluding hydrogens is 510 g/mol. The number of benzene rings is 1. The highest BCUT2D eigenvalue weighted by molar-refractivity contribution is 7.91. The summed E-state index contributed by atoms with van der Waals surface area (Å²) in [6.07, 6.45) is -1.74. The maximum Gasteiger partial charge on any atom is 0.280 e. The standard InChI is InChI=1S/C24H26F2N4O6S/c1-27-21(31)5-4-10-37(33,34)24-28-17(12-18(29-24)23(25)26)16-7-9-22(32)30(14-16)13-15-6-8-19(35-2)20(11-15)36-3/h6-9,11-12,14,23H,4-5,10,13H2,1-3H3,(H,27,31). The molecule has 3 rings (SSSR count). The second-order valence-electron chi connectivity index (χ2n) is 7.93. The summed E-state index contributed by atoms with van der Waals surface area (Å²) in [4.78, 5) is 31.5. The molecule has 1 N–H and O–H groups in total. The minimum absolute atomic E-state index is 0.0319. The van der Waals surface area contributed by atoms with Crippen molar-refractivity contribution in [3.05, 3.63) is 64.2 Å². The Morgan fingerprint density at radius 1 is 1.08 bits per heavy atom. The molecule has 1 amide bonds. The van der Waals surface area contributed by atoms with Crippen LogP contribution in [0.15, 0.2) is 52.5 Å². The SMILES string of the molecule is CNC(=O)CCCS(=O)(=O)c1nc(-c2ccc(=O)n(Cc3ccc(OC)c(OC)c3)c2)cc(C(F)F)n1. The van der Waals surface area contributed by atoms with E-state index in [9.17, 15) is 26.8 Å². The average Bonchev–Trinajstić information content (AvgIpc) is 2.89. The molecule has 0 aliphatic carbocycles. The number of hydrogen-bond donors (Lipinski definition) is 1. The maximum atomic E-state index is 13.6. The first-order valence-electron chi connectivity index (χ1n) is 11.1. The molecule has 0 aliphatic heterocycles. The number of methoxy groups -OCH3 is 2. The normalized spacial score (nSPS) is 11.4. The van der Waals surface area contributed by atoms with Crippen LogP contribution < -0.4 is 20.3 Å². The van der Waals surface area contributed by atoms with Gasteiger partial charge in [-0.25, -0.2) is 27.2 Å². The second kappa shape index (κ2) is 11.9. The van der Waals surface area contributed by atoms with E-state index in [1.807, 2.05) is 0 Å². The fourth-order valence-electron chi connectivity index (χ4n) is 3.46. The number of ether oxygens (including phenoxy) is 2. The maximum absolute atomic E-state index is 13.6. The molecule has 0 spiro atoms. The lowest BCUT2D eigenvalue weighted by Crippen LogP contribution is -2.20. The van der Waals surface area contributed by atoms with E-state index in [2.05, 4.69) is 15.3 Å². The third-order valence-corrected chi connectivity index (χ3v) is 6.97. The predicted molar refractivity (Wildman–Crippen MR) is 131 cm³/mol. The van der Waals surface area contributed by atoms with Crippen molar-refractivity contribution >= 4 is 15.7 Å². The number of alkyl halides is 2. The zero-order valence-electron chi connectivity index (χ0n) is 20.4. The quantitative estimate of drug-likeness (QED) is 0.370. The molecule has 0 radical (unpaired) electrons. The van der Waals surface area contributed by atoms with E-state index in [-0.39, 0.29) is 42.1 Å². The van der Waals surface area contributed by atoms with Crippen molar-refractivity contribution in [2.75, 3.05) is 27.0 Å². The Hall–Kier alpha value is -3.87. The minimum Gasteiger partial charge on any atom is -0.493 e. The predicted octanol–water partition coefficient (Wildman–Crippen LogP) is 2.61. The van der Waals surface area contributed by atoms with Crippen molar-refractivity contribution < 1.29 is 31.5 Å². The van der Waals surface area contributed by atoms with Gasteiger partial charge in [-0.1, -0.05) is 6.07 Å². The largest absolute Gasteiger partial charge is 0.493 e. The van der Waals surface area contributed by atoms with Crippen LogP contribution in [0, 0.1) is 0 Å². The molecule has 0 aliphatic rings. The number of carbonyl (C=O) groups is 1. The van der Waals surface area contributed by atoms with Crippen LogP contribution in [0.1, 0.15) is 30.5 Å². The van der Waals surface area contributed by atoms with E-state index in [1.165, 1.54) is 44.2 Å². The van der Waals surface area contributed by atoms with Crippen molar-refractivity contribution in [3.63, 3.8) is 0 Å². The number of rotatable bonds is 11. The van der Waals surface area contributed by atoms with Crippen molar-refractivity contribution in [2.24, 2.45) is 0 Å². The van der Waals surface area contributed by atoms with Crippen molar-refractivity contribution in [2.45, 2.75) is 31.0 Å². The fourth-order valence-corrected chi connectivity index (χ4v) is 4.65. The summed E-state index contributed by atoms with van der Waals surface area (Å²) >= 11 is 0.